The summed E-state index contributed by atoms with van der Waals surface area (Å²) in [4.78, 5) is 39.3. The highest BCUT2D eigenvalue weighted by molar-refractivity contribution is 7.14. The number of benzene rings is 1. The van der Waals surface area contributed by atoms with E-state index < -0.39 is 24.0 Å². The molecule has 0 bridgehead atoms. The normalized spacial score (nSPS) is 16.9. The number of carboxylic acid groups (broad SMARTS) is 1. The molecule has 0 radical (unpaired) electrons. The van der Waals surface area contributed by atoms with E-state index in [-0.39, 0.29) is 29.7 Å². The summed E-state index contributed by atoms with van der Waals surface area (Å²) in [5.74, 6) is -3.41. The van der Waals surface area contributed by atoms with E-state index in [0.717, 1.165) is 30.8 Å². The molecule has 16 heteroatoms. The first-order valence-corrected chi connectivity index (χ1v) is 12.7. The van der Waals surface area contributed by atoms with Crippen molar-refractivity contribution in [2.45, 2.75) is 44.0 Å². The number of alkyl halides is 6. The molecule has 1 saturated heterocycles. The predicted octanol–water partition coefficient (Wildman–Crippen LogP) is 3.35. The second kappa shape index (κ2) is 12.4. The van der Waals surface area contributed by atoms with Crippen molar-refractivity contribution >= 4 is 29.1 Å². The van der Waals surface area contributed by atoms with Crippen LogP contribution in [0.25, 0.3) is 0 Å². The number of ether oxygens (including phenoxy) is 1. The fourth-order valence-corrected chi connectivity index (χ4v) is 4.68. The Morgan fingerprint density at radius 2 is 1.60 bits per heavy atom. The molecule has 0 spiro atoms. The molecule has 1 aliphatic carbocycles. The highest BCUT2D eigenvalue weighted by Crippen LogP contribution is 2.34. The average Bonchev–Trinajstić information content (AvgIpc) is 3.45. The molecule has 1 aromatic carbocycles. The van der Waals surface area contributed by atoms with Crippen molar-refractivity contribution in [2.75, 3.05) is 26.2 Å². The number of piperazine rings is 1. The first-order valence-electron chi connectivity index (χ1n) is 11.9. The van der Waals surface area contributed by atoms with E-state index in [1.165, 1.54) is 29.5 Å². The van der Waals surface area contributed by atoms with Crippen molar-refractivity contribution in [1.29, 1.82) is 0 Å². The van der Waals surface area contributed by atoms with Gasteiger partial charge in [-0.25, -0.2) is 4.79 Å². The van der Waals surface area contributed by atoms with Gasteiger partial charge in [0.2, 0.25) is 5.91 Å². The van der Waals surface area contributed by atoms with E-state index in [9.17, 15) is 35.9 Å². The minimum Gasteiger partial charge on any atom is -0.475 e. The van der Waals surface area contributed by atoms with Gasteiger partial charge >= 0.3 is 18.5 Å². The van der Waals surface area contributed by atoms with Gasteiger partial charge in [-0.2, -0.15) is 13.2 Å². The van der Waals surface area contributed by atoms with Crippen molar-refractivity contribution in [3.63, 3.8) is 0 Å². The van der Waals surface area contributed by atoms with Crippen LogP contribution in [0, 0.1) is 0 Å². The molecule has 4 N–H and O–H groups in total. The third-order valence-electron chi connectivity index (χ3n) is 6.02. The molecule has 2 aliphatic rings. The molecule has 2 fully saturated rings. The molecule has 220 valence electrons. The highest BCUT2D eigenvalue weighted by Gasteiger charge is 2.48. The molecule has 2 amide bonds. The third-order valence-corrected chi connectivity index (χ3v) is 7.09. The van der Waals surface area contributed by atoms with Crippen molar-refractivity contribution in [2.24, 2.45) is 5.73 Å². The van der Waals surface area contributed by atoms with Gasteiger partial charge in [-0.15, -0.1) is 24.5 Å². The number of thiophene rings is 1. The Labute approximate surface area is 228 Å². The summed E-state index contributed by atoms with van der Waals surface area (Å²) < 4.78 is 73.4. The average molecular weight is 597 g/mol. The van der Waals surface area contributed by atoms with E-state index in [0.29, 0.717) is 24.5 Å². The summed E-state index contributed by atoms with van der Waals surface area (Å²) in [6.45, 7) is 3.31. The number of para-hydroxylation sites is 1. The van der Waals surface area contributed by atoms with Crippen LogP contribution >= 0.6 is 11.3 Å². The van der Waals surface area contributed by atoms with E-state index >= 15 is 0 Å². The molecule has 40 heavy (non-hydrogen) atoms. The Kier molecular flexibility index (Phi) is 9.68. The number of rotatable bonds is 7. The van der Waals surface area contributed by atoms with E-state index in [2.05, 4.69) is 15.0 Å². The van der Waals surface area contributed by atoms with E-state index in [4.69, 9.17) is 15.6 Å². The maximum atomic E-state index is 12.6. The quantitative estimate of drug-likeness (QED) is 0.419. The molecule has 1 aromatic heterocycles. The molecule has 1 saturated carbocycles. The van der Waals surface area contributed by atoms with Crippen LogP contribution in [0.5, 0.6) is 5.75 Å². The molecular weight excluding hydrogens is 570 g/mol. The largest absolute Gasteiger partial charge is 0.573 e. The predicted molar refractivity (Wildman–Crippen MR) is 130 cm³/mol. The van der Waals surface area contributed by atoms with Crippen LogP contribution in [0.15, 0.2) is 36.4 Å². The van der Waals surface area contributed by atoms with Crippen molar-refractivity contribution < 1.29 is 50.6 Å². The second-order valence-corrected chi connectivity index (χ2v) is 10.3. The summed E-state index contributed by atoms with van der Waals surface area (Å²) in [7, 11) is 0. The molecule has 2 heterocycles. The topological polar surface area (TPSA) is 125 Å². The first-order chi connectivity index (χ1) is 18.6. The zero-order valence-corrected chi connectivity index (χ0v) is 21.7. The molecule has 0 unspecified atom stereocenters. The Morgan fingerprint density at radius 1 is 1.00 bits per heavy atom. The van der Waals surface area contributed by atoms with Crippen LogP contribution in [0.4, 0.5) is 26.3 Å². The lowest BCUT2D eigenvalue weighted by Crippen LogP contribution is -2.53. The number of aliphatic carboxylic acids is 1. The second-order valence-electron chi connectivity index (χ2n) is 9.13. The monoisotopic (exact) mass is 596 g/mol. The van der Waals surface area contributed by atoms with Gasteiger partial charge < -0.3 is 25.8 Å². The van der Waals surface area contributed by atoms with Crippen LogP contribution in [-0.4, -0.2) is 76.9 Å². The van der Waals surface area contributed by atoms with Crippen molar-refractivity contribution in [3.8, 4) is 5.75 Å². The number of nitrogens with two attached hydrogens (primary N) is 1. The van der Waals surface area contributed by atoms with Gasteiger partial charge in [-0.1, -0.05) is 18.2 Å². The van der Waals surface area contributed by atoms with Crippen LogP contribution in [0.3, 0.4) is 0 Å². The first kappa shape index (κ1) is 31.2. The Balaban J connectivity index is 0.000000559. The third kappa shape index (κ3) is 9.09. The lowest BCUT2D eigenvalue weighted by atomic mass is 10.2. The van der Waals surface area contributed by atoms with Gasteiger partial charge in [0.05, 0.1) is 10.4 Å². The number of carbonyl (C=O) groups is 3. The van der Waals surface area contributed by atoms with Gasteiger partial charge in [0.1, 0.15) is 5.75 Å². The summed E-state index contributed by atoms with van der Waals surface area (Å²) in [6.07, 6.45) is -8.37. The van der Waals surface area contributed by atoms with Crippen LogP contribution in [0.1, 0.15) is 33.0 Å². The number of nitrogens with zero attached hydrogens (tertiary/aromatic N) is 2. The Morgan fingerprint density at radius 3 is 2.15 bits per heavy atom. The number of hydrogen-bond donors (Lipinski definition) is 3. The number of halogens is 6. The number of carboxylic acids is 1. The maximum absolute atomic E-state index is 12.6. The molecule has 2 aromatic rings. The lowest BCUT2D eigenvalue weighted by Gasteiger charge is -2.35. The molecule has 4 rings (SSSR count). The maximum Gasteiger partial charge on any atom is 0.573 e. The van der Waals surface area contributed by atoms with Crippen LogP contribution in [0.2, 0.25) is 0 Å². The number of nitrogens with one attached hydrogen (secondary N) is 1. The summed E-state index contributed by atoms with van der Waals surface area (Å²) in [5, 5.41) is 9.78. The Hall–Kier alpha value is -3.37. The van der Waals surface area contributed by atoms with Gasteiger partial charge in [-0.05, 0) is 31.0 Å². The van der Waals surface area contributed by atoms with E-state index in [1.807, 2.05) is 11.0 Å². The number of hydrogen-bond acceptors (Lipinski definition) is 7. The molecule has 9 nitrogen and oxygen atoms in total. The lowest BCUT2D eigenvalue weighted by molar-refractivity contribution is -0.274. The Bertz CT molecular complexity index is 1210. The van der Waals surface area contributed by atoms with Crippen LogP contribution in [-0.2, 0) is 22.7 Å². The van der Waals surface area contributed by atoms with Gasteiger partial charge in [0.15, 0.2) is 0 Å². The molecular formula is C24H26F6N4O5S. The van der Waals surface area contributed by atoms with E-state index in [1.54, 1.807) is 12.1 Å². The van der Waals surface area contributed by atoms with Crippen molar-refractivity contribution in [1.82, 2.24) is 15.1 Å². The zero-order chi connectivity index (χ0) is 29.7. The highest BCUT2D eigenvalue weighted by atomic mass is 32.1. The number of carbonyl (C=O) groups excluding carboxylic acids is 2. The summed E-state index contributed by atoms with van der Waals surface area (Å²) in [6, 6.07) is 9.28. The van der Waals surface area contributed by atoms with Gasteiger partial charge in [0.25, 0.3) is 5.91 Å². The molecule has 0 atom stereocenters. The smallest absolute Gasteiger partial charge is 0.475 e. The van der Waals surface area contributed by atoms with Gasteiger partial charge in [-0.3, -0.25) is 14.5 Å². The van der Waals surface area contributed by atoms with Crippen LogP contribution < -0.4 is 15.8 Å². The van der Waals surface area contributed by atoms with Gasteiger partial charge in [0, 0.05) is 49.7 Å². The minimum atomic E-state index is -5.08. The summed E-state index contributed by atoms with van der Waals surface area (Å²) >= 11 is 1.34. The minimum absolute atomic E-state index is 0.0411. The SMILES string of the molecule is NC1(C(=O)N2CCN(Cc3ccc(C(=O)NCc4ccccc4OC(F)(F)F)s3)CC2)CC1.O=C(O)C(F)(F)F. The fraction of sp³-hybridized carbons (Fsp3) is 0.458. The van der Waals surface area contributed by atoms with Crippen molar-refractivity contribution in [3.05, 3.63) is 51.7 Å². The fourth-order valence-electron chi connectivity index (χ4n) is 3.71. The number of amides is 2. The molecule has 1 aliphatic heterocycles. The zero-order valence-electron chi connectivity index (χ0n) is 20.8. The summed E-state index contributed by atoms with van der Waals surface area (Å²) in [5.41, 5.74) is 5.60. The standard InChI is InChI=1S/C22H25F3N4O3S.C2HF3O2/c23-22(24,25)32-17-4-2-1-3-15(17)13-27-19(30)18-6-5-16(33-18)14-28-9-11-29(12-10-28)20(31)21(26)7-8-21;3-2(4,5)1(6)7/h1-6H,7-14,26H2,(H,27,30);(H,6,7).